The molecule has 0 aliphatic heterocycles. The first-order chi connectivity index (χ1) is 20.0. The molecule has 42 heavy (non-hydrogen) atoms. The number of rotatable bonds is 11. The number of anilines is 1. The van der Waals surface area contributed by atoms with Crippen molar-refractivity contribution in [2.45, 2.75) is 51.6 Å². The fourth-order valence-electron chi connectivity index (χ4n) is 4.32. The zero-order valence-corrected chi connectivity index (χ0v) is 25.5. The number of nitrogens with one attached hydrogen (secondary N) is 1. The molecule has 0 aliphatic carbocycles. The Balaban J connectivity index is 1.79. The number of ether oxygens (including phenoxy) is 2. The summed E-state index contributed by atoms with van der Waals surface area (Å²) in [6, 6.07) is 20.1. The van der Waals surface area contributed by atoms with E-state index in [9.17, 15) is 13.3 Å². The summed E-state index contributed by atoms with van der Waals surface area (Å²) < 4.78 is 54.7. The van der Waals surface area contributed by atoms with Crippen LogP contribution in [0.25, 0.3) is 11.3 Å². The lowest BCUT2D eigenvalue weighted by atomic mass is 10.0. The van der Waals surface area contributed by atoms with Crippen LogP contribution in [0.5, 0.6) is 11.5 Å². The molecule has 0 radical (unpaired) electrons. The minimum absolute atomic E-state index is 0.244. The van der Waals surface area contributed by atoms with Gasteiger partial charge in [0.05, 0.1) is 26.0 Å². The summed E-state index contributed by atoms with van der Waals surface area (Å²) in [7, 11) is 3.24. The lowest BCUT2D eigenvalue weighted by Gasteiger charge is -2.28. The molecular formula is C32H36F2N4O3S. The normalized spacial score (nSPS) is 13.0. The lowest BCUT2D eigenvalue weighted by molar-refractivity contribution is 0.414. The Morgan fingerprint density at radius 1 is 0.833 bits per heavy atom. The minimum atomic E-state index is -1.41. The van der Waals surface area contributed by atoms with E-state index in [0.717, 1.165) is 28.7 Å². The van der Waals surface area contributed by atoms with Crippen LogP contribution in [0.1, 0.15) is 50.4 Å². The molecular weight excluding hydrogens is 558 g/mol. The fourth-order valence-corrected chi connectivity index (χ4v) is 5.12. The third-order valence-corrected chi connectivity index (χ3v) is 8.32. The molecule has 1 heterocycles. The summed E-state index contributed by atoms with van der Waals surface area (Å²) in [4.78, 5) is 2.06. The minimum Gasteiger partial charge on any atom is -0.598 e. The van der Waals surface area contributed by atoms with Gasteiger partial charge in [-0.1, -0.05) is 24.3 Å². The largest absolute Gasteiger partial charge is 0.598 e. The van der Waals surface area contributed by atoms with Crippen molar-refractivity contribution in [2.24, 2.45) is 0 Å². The van der Waals surface area contributed by atoms with E-state index in [1.165, 1.54) is 12.1 Å². The van der Waals surface area contributed by atoms with Gasteiger partial charge in [-0.15, -0.1) is 14.9 Å². The standard InChI is InChI=1S/C32H36F2N4O3S/c1-21(37-42(39)32(2,3)4)29-18-30(35-36-31(29)24-15-25(33)17-26(34)16-24)38(19-22-7-11-27(40-5)12-8-22)20-23-9-13-28(41-6)14-10-23/h7-18,21,37H,19-20H2,1-6H3/t21-,42+/m0/s1. The van der Waals surface area contributed by atoms with Crippen molar-refractivity contribution in [1.82, 2.24) is 14.9 Å². The van der Waals surface area contributed by atoms with Gasteiger partial charge in [-0.05, 0) is 81.3 Å². The summed E-state index contributed by atoms with van der Waals surface area (Å²) in [5, 5.41) is 9.00. The average molecular weight is 595 g/mol. The zero-order chi connectivity index (χ0) is 30.4. The van der Waals surface area contributed by atoms with Crippen LogP contribution < -0.4 is 19.1 Å². The van der Waals surface area contributed by atoms with E-state index in [0.29, 0.717) is 30.2 Å². The van der Waals surface area contributed by atoms with Crippen LogP contribution in [0.4, 0.5) is 14.6 Å². The highest BCUT2D eigenvalue weighted by Crippen LogP contribution is 2.32. The predicted octanol–water partition coefficient (Wildman–Crippen LogP) is 6.76. The number of benzene rings is 3. The molecule has 0 saturated heterocycles. The maximum atomic E-state index is 14.2. The number of hydrogen-bond donors (Lipinski definition) is 1. The molecule has 0 aliphatic rings. The SMILES string of the molecule is COc1ccc(CN(Cc2ccc(OC)cc2)c2cc([C@H](C)N[S@+]([O-])C(C)(C)C)c(-c3cc(F)cc(F)c3)nn2)cc1. The van der Waals surface area contributed by atoms with E-state index in [1.807, 2.05) is 82.3 Å². The highest BCUT2D eigenvalue weighted by molar-refractivity contribution is 7.90. The van der Waals surface area contributed by atoms with E-state index in [4.69, 9.17) is 9.47 Å². The monoisotopic (exact) mass is 594 g/mol. The van der Waals surface area contributed by atoms with E-state index in [-0.39, 0.29) is 5.56 Å². The van der Waals surface area contributed by atoms with Crippen molar-refractivity contribution < 1.29 is 22.8 Å². The summed E-state index contributed by atoms with van der Waals surface area (Å²) >= 11 is -1.41. The molecule has 0 unspecified atom stereocenters. The van der Waals surface area contributed by atoms with Crippen molar-refractivity contribution in [3.05, 3.63) is 101 Å². The van der Waals surface area contributed by atoms with Gasteiger partial charge in [0.15, 0.2) is 5.82 Å². The molecule has 4 aromatic rings. The van der Waals surface area contributed by atoms with Crippen LogP contribution >= 0.6 is 0 Å². The second-order valence-electron chi connectivity index (χ2n) is 10.9. The van der Waals surface area contributed by atoms with E-state index < -0.39 is 33.8 Å². The molecule has 0 saturated carbocycles. The number of hydrogen-bond acceptors (Lipinski definition) is 7. The van der Waals surface area contributed by atoms with Crippen LogP contribution in [0.15, 0.2) is 72.8 Å². The first kappa shape index (κ1) is 31.2. The molecule has 222 valence electrons. The highest BCUT2D eigenvalue weighted by Gasteiger charge is 2.30. The van der Waals surface area contributed by atoms with Gasteiger partial charge in [0, 0.05) is 41.6 Å². The second kappa shape index (κ2) is 13.5. The van der Waals surface area contributed by atoms with Crippen LogP contribution in [-0.2, 0) is 24.5 Å². The van der Waals surface area contributed by atoms with Crippen molar-refractivity contribution in [3.63, 3.8) is 0 Å². The maximum Gasteiger partial charge on any atom is 0.152 e. The first-order valence-electron chi connectivity index (χ1n) is 13.5. The fraction of sp³-hybridized carbons (Fsp3) is 0.312. The third kappa shape index (κ3) is 7.96. The van der Waals surface area contributed by atoms with Gasteiger partial charge in [-0.25, -0.2) is 8.78 Å². The Kier molecular flexibility index (Phi) is 10.0. The van der Waals surface area contributed by atoms with Crippen LogP contribution in [0, 0.1) is 11.6 Å². The summed E-state index contributed by atoms with van der Waals surface area (Å²) in [6.45, 7) is 8.44. The van der Waals surface area contributed by atoms with Gasteiger partial charge < -0.3 is 18.9 Å². The van der Waals surface area contributed by atoms with Gasteiger partial charge in [0.1, 0.15) is 27.9 Å². The average Bonchev–Trinajstić information content (AvgIpc) is 2.96. The Labute approximate surface area is 249 Å². The molecule has 0 bridgehead atoms. The number of nitrogens with zero attached hydrogens (tertiary/aromatic N) is 3. The molecule has 1 aromatic heterocycles. The quantitative estimate of drug-likeness (QED) is 0.192. The van der Waals surface area contributed by atoms with Crippen LogP contribution in [0.3, 0.4) is 0 Å². The molecule has 10 heteroatoms. The van der Waals surface area contributed by atoms with Crippen molar-refractivity contribution in [3.8, 4) is 22.8 Å². The van der Waals surface area contributed by atoms with Gasteiger partial charge in [-0.3, -0.25) is 0 Å². The Morgan fingerprint density at radius 2 is 1.33 bits per heavy atom. The number of aromatic nitrogens is 2. The lowest BCUT2D eigenvalue weighted by Crippen LogP contribution is -2.40. The van der Waals surface area contributed by atoms with Crippen molar-refractivity contribution in [2.75, 3.05) is 19.1 Å². The molecule has 7 nitrogen and oxygen atoms in total. The maximum absolute atomic E-state index is 14.2. The number of methoxy groups -OCH3 is 2. The topological polar surface area (TPSA) is 82.6 Å². The molecule has 0 fully saturated rings. The van der Waals surface area contributed by atoms with Gasteiger partial charge >= 0.3 is 0 Å². The Bertz CT molecular complexity index is 1410. The molecule has 1 N–H and O–H groups in total. The van der Waals surface area contributed by atoms with Crippen LogP contribution in [0.2, 0.25) is 0 Å². The van der Waals surface area contributed by atoms with Crippen molar-refractivity contribution >= 4 is 17.2 Å². The Morgan fingerprint density at radius 3 is 1.79 bits per heavy atom. The molecule has 4 rings (SSSR count). The highest BCUT2D eigenvalue weighted by atomic mass is 32.2. The van der Waals surface area contributed by atoms with Gasteiger partial charge in [-0.2, -0.15) is 0 Å². The summed E-state index contributed by atoms with van der Waals surface area (Å²) in [5.74, 6) is 0.608. The molecule has 3 aromatic carbocycles. The Hall–Kier alpha value is -3.73. The van der Waals surface area contributed by atoms with E-state index in [1.54, 1.807) is 14.2 Å². The first-order valence-corrected chi connectivity index (χ1v) is 14.6. The van der Waals surface area contributed by atoms with Crippen molar-refractivity contribution in [1.29, 1.82) is 0 Å². The second-order valence-corrected chi connectivity index (χ2v) is 12.9. The molecule has 2 atom stereocenters. The summed E-state index contributed by atoms with van der Waals surface area (Å²) in [5.41, 5.74) is 3.19. The van der Waals surface area contributed by atoms with E-state index >= 15 is 0 Å². The van der Waals surface area contributed by atoms with Gasteiger partial charge in [0.25, 0.3) is 0 Å². The zero-order valence-electron chi connectivity index (χ0n) is 24.7. The summed E-state index contributed by atoms with van der Waals surface area (Å²) in [6.07, 6.45) is 0. The predicted molar refractivity (Wildman–Crippen MR) is 163 cm³/mol. The van der Waals surface area contributed by atoms with Gasteiger partial charge in [0.2, 0.25) is 0 Å². The molecule has 0 spiro atoms. The number of halogens is 2. The van der Waals surface area contributed by atoms with Crippen LogP contribution in [-0.4, -0.2) is 33.7 Å². The van der Waals surface area contributed by atoms with E-state index in [2.05, 4.69) is 19.8 Å². The third-order valence-electron chi connectivity index (χ3n) is 6.64. The smallest absolute Gasteiger partial charge is 0.152 e. The molecule has 0 amide bonds.